The van der Waals surface area contributed by atoms with Crippen LogP contribution in [0.4, 0.5) is 10.2 Å². The first-order chi connectivity index (χ1) is 21.3. The van der Waals surface area contributed by atoms with Crippen LogP contribution >= 0.6 is 7.75 Å². The molecule has 4 N–H and O–H groups in total. The topological polar surface area (TPSA) is 191 Å². The summed E-state index contributed by atoms with van der Waals surface area (Å²) in [5.74, 6) is -1.56. The van der Waals surface area contributed by atoms with Crippen LogP contribution in [0.15, 0.2) is 17.1 Å². The molecule has 4 fully saturated rings. The molecule has 3 aliphatic carbocycles. The molecule has 252 valence electrons. The van der Waals surface area contributed by atoms with E-state index < -0.39 is 67.2 Å². The van der Waals surface area contributed by atoms with Crippen LogP contribution in [-0.4, -0.2) is 74.4 Å². The number of anilines is 1. The maximum atomic E-state index is 16.0. The minimum absolute atomic E-state index is 0.0131. The van der Waals surface area contributed by atoms with Crippen LogP contribution in [0.25, 0.3) is 0 Å². The van der Waals surface area contributed by atoms with Gasteiger partial charge in [-0.25, -0.2) is 23.6 Å². The number of ether oxygens (including phenoxy) is 3. The summed E-state index contributed by atoms with van der Waals surface area (Å²) in [7, 11) is -4.68. The molecule has 8 atom stereocenters. The standard InChI is InChI=1S/C29H44FN4O10P/c1-4-28-26(29(28,38)22(30)23(42-28)34-16-15-21(31)32-27(34)37)44-45(39,33-17(2)24(35)40-19-11-7-5-8-12-19)43-18(3)25(36)41-20-13-9-6-10-14-20/h15-20,22-23,26,38H,4-14H2,1-3H3,(H,33,39)(H2,31,32,37)/t17?,18?,22-,23+,26?,28+,29+,45?/m0/s1. The molecular formula is C29H44FN4O10P. The van der Waals surface area contributed by atoms with Crippen molar-refractivity contribution in [2.24, 2.45) is 0 Å². The maximum absolute atomic E-state index is 16.0. The molecule has 5 rings (SSSR count). The average molecular weight is 659 g/mol. The van der Waals surface area contributed by atoms with E-state index in [1.54, 1.807) is 6.92 Å². The Bertz CT molecular complexity index is 1310. The second-order valence-corrected chi connectivity index (χ2v) is 14.2. The highest BCUT2D eigenvalue weighted by Gasteiger charge is 2.89. The lowest BCUT2D eigenvalue weighted by Gasteiger charge is -2.29. The number of fused-ring (bicyclic) bond motifs is 1. The van der Waals surface area contributed by atoms with Gasteiger partial charge in [-0.2, -0.15) is 4.98 Å². The van der Waals surface area contributed by atoms with Crippen molar-refractivity contribution in [3.63, 3.8) is 0 Å². The number of rotatable bonds is 12. The number of esters is 2. The number of nitrogen functional groups attached to an aromatic ring is 1. The summed E-state index contributed by atoms with van der Waals surface area (Å²) in [6, 6.07) is 0.0606. The Morgan fingerprint density at radius 1 is 1.13 bits per heavy atom. The van der Waals surface area contributed by atoms with Crippen molar-refractivity contribution in [2.45, 2.75) is 145 Å². The summed E-state index contributed by atoms with van der Waals surface area (Å²) in [4.78, 5) is 41.9. The van der Waals surface area contributed by atoms with Gasteiger partial charge in [0.1, 0.15) is 35.8 Å². The van der Waals surface area contributed by atoms with Crippen LogP contribution < -0.4 is 16.5 Å². The SMILES string of the molecule is CC[C@]12O[C@@H](n3ccc(N)nc3=O)[C@H](F)[C@@]1(O)C2OP(=O)(NC(C)C(=O)OC1CCCCC1)OC(C)C(=O)OC1CCCCC1. The quantitative estimate of drug-likeness (QED) is 0.219. The molecule has 3 saturated carbocycles. The lowest BCUT2D eigenvalue weighted by atomic mass is 9.98. The van der Waals surface area contributed by atoms with Crippen molar-refractivity contribution < 1.29 is 46.9 Å². The fraction of sp³-hybridized carbons (Fsp3) is 0.793. The van der Waals surface area contributed by atoms with Crippen LogP contribution in [0.3, 0.4) is 0 Å². The third-order valence-corrected chi connectivity index (χ3v) is 11.1. The number of carbonyl (C=O) groups excluding carboxylic acids is 2. The molecule has 1 aromatic rings. The van der Waals surface area contributed by atoms with Crippen LogP contribution in [0.2, 0.25) is 0 Å². The van der Waals surface area contributed by atoms with Gasteiger partial charge in [-0.15, -0.1) is 0 Å². The van der Waals surface area contributed by atoms with Gasteiger partial charge in [0.2, 0.25) is 0 Å². The first-order valence-corrected chi connectivity index (χ1v) is 17.4. The second-order valence-electron chi connectivity index (χ2n) is 12.5. The molecule has 14 nitrogen and oxygen atoms in total. The molecule has 0 spiro atoms. The zero-order valence-electron chi connectivity index (χ0n) is 25.9. The number of hydrogen-bond acceptors (Lipinski definition) is 12. The first-order valence-electron chi connectivity index (χ1n) is 15.9. The van der Waals surface area contributed by atoms with Gasteiger partial charge in [0, 0.05) is 6.20 Å². The van der Waals surface area contributed by atoms with Gasteiger partial charge in [0.25, 0.3) is 0 Å². The zero-order valence-corrected chi connectivity index (χ0v) is 26.8. The summed E-state index contributed by atoms with van der Waals surface area (Å²) < 4.78 is 59.7. The number of nitrogens with two attached hydrogens (primary N) is 1. The Morgan fingerprint density at radius 2 is 1.71 bits per heavy atom. The van der Waals surface area contributed by atoms with Crippen molar-refractivity contribution in [1.29, 1.82) is 0 Å². The fourth-order valence-corrected chi connectivity index (χ4v) is 8.56. The molecule has 1 saturated heterocycles. The molecule has 0 radical (unpaired) electrons. The molecule has 1 aromatic heterocycles. The Hall–Kier alpha value is -2.42. The van der Waals surface area contributed by atoms with Crippen molar-refractivity contribution in [3.05, 3.63) is 22.7 Å². The molecule has 16 heteroatoms. The molecule has 1 aliphatic heterocycles. The molecule has 0 bridgehead atoms. The number of carbonyl (C=O) groups is 2. The van der Waals surface area contributed by atoms with Gasteiger partial charge >= 0.3 is 25.4 Å². The summed E-state index contributed by atoms with van der Waals surface area (Å²) in [6.07, 6.45) is 2.46. The molecule has 4 aliphatic rings. The van der Waals surface area contributed by atoms with E-state index in [4.69, 9.17) is 29.0 Å². The third kappa shape index (κ3) is 6.70. The highest BCUT2D eigenvalue weighted by Crippen LogP contribution is 2.70. The van der Waals surface area contributed by atoms with Crippen LogP contribution in [0, 0.1) is 0 Å². The monoisotopic (exact) mass is 658 g/mol. The van der Waals surface area contributed by atoms with Crippen molar-refractivity contribution >= 4 is 25.5 Å². The molecular weight excluding hydrogens is 614 g/mol. The van der Waals surface area contributed by atoms with E-state index in [0.29, 0.717) is 25.7 Å². The van der Waals surface area contributed by atoms with Gasteiger partial charge in [-0.3, -0.25) is 18.4 Å². The Labute approximate surface area is 261 Å². The summed E-state index contributed by atoms with van der Waals surface area (Å²) >= 11 is 0. The van der Waals surface area contributed by atoms with Gasteiger partial charge in [-0.05, 0) is 77.7 Å². The summed E-state index contributed by atoms with van der Waals surface area (Å²) in [6.45, 7) is 4.33. The number of nitrogens with one attached hydrogen (secondary N) is 1. The largest absolute Gasteiger partial charge is 0.461 e. The Balaban J connectivity index is 1.34. The van der Waals surface area contributed by atoms with Gasteiger partial charge in [-0.1, -0.05) is 19.8 Å². The molecule has 45 heavy (non-hydrogen) atoms. The summed E-state index contributed by atoms with van der Waals surface area (Å²) in [5, 5.41) is 14.1. The molecule has 0 aromatic carbocycles. The van der Waals surface area contributed by atoms with Gasteiger partial charge < -0.3 is 25.1 Å². The smallest absolute Gasteiger partial charge is 0.407 e. The maximum Gasteiger partial charge on any atom is 0.407 e. The molecule has 0 amide bonds. The Kier molecular flexibility index (Phi) is 10.1. The molecule has 2 heterocycles. The number of alkyl halides is 1. The lowest BCUT2D eigenvalue weighted by Crippen LogP contribution is -2.41. The van der Waals surface area contributed by atoms with Gasteiger partial charge in [0.15, 0.2) is 24.1 Å². The van der Waals surface area contributed by atoms with E-state index >= 15 is 4.39 Å². The predicted molar refractivity (Wildman–Crippen MR) is 157 cm³/mol. The molecule has 4 unspecified atom stereocenters. The van der Waals surface area contributed by atoms with Crippen LogP contribution in [-0.2, 0) is 37.4 Å². The van der Waals surface area contributed by atoms with Crippen LogP contribution in [0.1, 0.15) is 97.6 Å². The minimum atomic E-state index is -4.68. The van der Waals surface area contributed by atoms with Crippen molar-refractivity contribution in [3.8, 4) is 0 Å². The third-order valence-electron chi connectivity index (χ3n) is 9.32. The van der Waals surface area contributed by atoms with Gasteiger partial charge in [0.05, 0.1) is 0 Å². The number of halogens is 1. The fourth-order valence-electron chi connectivity index (χ4n) is 6.70. The number of aliphatic hydroxyl groups is 1. The predicted octanol–water partition coefficient (Wildman–Crippen LogP) is 3.21. The van der Waals surface area contributed by atoms with E-state index in [2.05, 4.69) is 10.1 Å². The average Bonchev–Trinajstić information content (AvgIpc) is 3.41. The van der Waals surface area contributed by atoms with E-state index in [0.717, 1.165) is 43.1 Å². The highest BCUT2D eigenvalue weighted by molar-refractivity contribution is 7.51. The van der Waals surface area contributed by atoms with E-state index in [1.807, 2.05) is 0 Å². The first kappa shape index (κ1) is 33.9. The number of aromatic nitrogens is 2. The lowest BCUT2D eigenvalue weighted by molar-refractivity contribution is -0.158. The van der Waals surface area contributed by atoms with E-state index in [9.17, 15) is 24.1 Å². The second kappa shape index (κ2) is 13.4. The van der Waals surface area contributed by atoms with Crippen LogP contribution in [0.5, 0.6) is 0 Å². The minimum Gasteiger partial charge on any atom is -0.461 e. The Morgan fingerprint density at radius 3 is 2.24 bits per heavy atom. The van der Waals surface area contributed by atoms with Crippen molar-refractivity contribution in [2.75, 3.05) is 5.73 Å². The normalized spacial score (nSPS) is 33.0. The highest BCUT2D eigenvalue weighted by atomic mass is 31.2. The van der Waals surface area contributed by atoms with Crippen molar-refractivity contribution in [1.82, 2.24) is 14.6 Å². The number of hydrogen-bond donors (Lipinski definition) is 3. The number of nitrogens with zero attached hydrogens (tertiary/aromatic N) is 2. The zero-order chi connectivity index (χ0) is 32.6. The van der Waals surface area contributed by atoms with E-state index in [1.165, 1.54) is 26.1 Å². The van der Waals surface area contributed by atoms with E-state index in [-0.39, 0.29) is 24.4 Å². The summed E-state index contributed by atoms with van der Waals surface area (Å²) in [5.41, 5.74) is 0.565.